The molecule has 0 amide bonds. The van der Waals surface area contributed by atoms with Crippen LogP contribution in [0.1, 0.15) is 29.4 Å². The standard InChI is InChI=1S/C14H11N5O3/c1-9(21-14(20)11-8-16-5-6-17-11)13-18-12(19-22-13)10-3-2-4-15-7-10/h2-9H,1H3. The summed E-state index contributed by atoms with van der Waals surface area (Å²) in [5.74, 6) is -0.0386. The average Bonchev–Trinajstić information content (AvgIpc) is 3.06. The molecule has 1 unspecified atom stereocenters. The maximum atomic E-state index is 11.9. The molecule has 1 atom stereocenters. The van der Waals surface area contributed by atoms with Crippen molar-refractivity contribution in [3.05, 3.63) is 54.7 Å². The SMILES string of the molecule is CC(OC(=O)c1cnccn1)c1nc(-c2cccnc2)no1. The zero-order valence-corrected chi connectivity index (χ0v) is 11.6. The van der Waals surface area contributed by atoms with E-state index in [2.05, 4.69) is 25.1 Å². The Bertz CT molecular complexity index is 760. The molecule has 110 valence electrons. The Balaban J connectivity index is 1.72. The molecule has 0 fully saturated rings. The van der Waals surface area contributed by atoms with Crippen molar-refractivity contribution in [3.8, 4) is 11.4 Å². The van der Waals surface area contributed by atoms with Crippen LogP contribution in [0.25, 0.3) is 11.4 Å². The number of carbonyl (C=O) groups is 1. The van der Waals surface area contributed by atoms with Crippen LogP contribution >= 0.6 is 0 Å². The minimum absolute atomic E-state index is 0.112. The first-order valence-corrected chi connectivity index (χ1v) is 6.45. The van der Waals surface area contributed by atoms with Gasteiger partial charge in [-0.1, -0.05) is 5.16 Å². The van der Waals surface area contributed by atoms with E-state index in [0.29, 0.717) is 11.4 Å². The van der Waals surface area contributed by atoms with E-state index in [1.165, 1.54) is 18.6 Å². The second kappa shape index (κ2) is 6.08. The highest BCUT2D eigenvalue weighted by Gasteiger charge is 2.20. The van der Waals surface area contributed by atoms with Crippen LogP contribution in [0.2, 0.25) is 0 Å². The van der Waals surface area contributed by atoms with E-state index in [-0.39, 0.29) is 11.6 Å². The van der Waals surface area contributed by atoms with Crippen molar-refractivity contribution >= 4 is 5.97 Å². The molecule has 0 bridgehead atoms. The molecule has 0 N–H and O–H groups in total. The fourth-order valence-electron chi connectivity index (χ4n) is 1.69. The van der Waals surface area contributed by atoms with E-state index < -0.39 is 12.1 Å². The zero-order chi connectivity index (χ0) is 15.4. The van der Waals surface area contributed by atoms with Gasteiger partial charge in [0.2, 0.25) is 5.82 Å². The van der Waals surface area contributed by atoms with Gasteiger partial charge in [0, 0.05) is 30.4 Å². The molecule has 3 rings (SSSR count). The van der Waals surface area contributed by atoms with Crippen LogP contribution in [-0.2, 0) is 4.74 Å². The van der Waals surface area contributed by atoms with E-state index in [1.807, 2.05) is 0 Å². The van der Waals surface area contributed by atoms with Gasteiger partial charge >= 0.3 is 5.97 Å². The maximum Gasteiger partial charge on any atom is 0.359 e. The highest BCUT2D eigenvalue weighted by atomic mass is 16.6. The number of ether oxygens (including phenoxy) is 1. The van der Waals surface area contributed by atoms with Gasteiger partial charge in [0.1, 0.15) is 0 Å². The van der Waals surface area contributed by atoms with Gasteiger partial charge in [0.25, 0.3) is 5.89 Å². The summed E-state index contributed by atoms with van der Waals surface area (Å²) in [6, 6.07) is 3.57. The van der Waals surface area contributed by atoms with Crippen molar-refractivity contribution < 1.29 is 14.1 Å². The van der Waals surface area contributed by atoms with Gasteiger partial charge in [0.05, 0.1) is 6.20 Å². The number of hydrogen-bond donors (Lipinski definition) is 0. The molecular weight excluding hydrogens is 286 g/mol. The van der Waals surface area contributed by atoms with E-state index in [4.69, 9.17) is 9.26 Å². The number of esters is 1. The number of rotatable bonds is 4. The molecule has 3 aromatic heterocycles. The summed E-state index contributed by atoms with van der Waals surface area (Å²) in [4.78, 5) is 27.7. The molecule has 0 aliphatic carbocycles. The van der Waals surface area contributed by atoms with Crippen molar-refractivity contribution in [2.75, 3.05) is 0 Å². The number of aromatic nitrogens is 5. The van der Waals surface area contributed by atoms with E-state index in [9.17, 15) is 4.79 Å². The lowest BCUT2D eigenvalue weighted by Crippen LogP contribution is -2.11. The fraction of sp³-hybridized carbons (Fsp3) is 0.143. The number of pyridine rings is 1. The number of carbonyl (C=O) groups excluding carboxylic acids is 1. The highest BCUT2D eigenvalue weighted by Crippen LogP contribution is 2.20. The fourth-order valence-corrected chi connectivity index (χ4v) is 1.69. The average molecular weight is 297 g/mol. The highest BCUT2D eigenvalue weighted by molar-refractivity contribution is 5.86. The molecule has 0 radical (unpaired) electrons. The van der Waals surface area contributed by atoms with Crippen LogP contribution in [0.4, 0.5) is 0 Å². The molecule has 0 saturated heterocycles. The van der Waals surface area contributed by atoms with Crippen molar-refractivity contribution in [1.29, 1.82) is 0 Å². The lowest BCUT2D eigenvalue weighted by molar-refractivity contribution is 0.0258. The molecular formula is C14H11N5O3. The van der Waals surface area contributed by atoms with Crippen molar-refractivity contribution in [2.45, 2.75) is 13.0 Å². The van der Waals surface area contributed by atoms with E-state index in [1.54, 1.807) is 31.5 Å². The molecule has 22 heavy (non-hydrogen) atoms. The monoisotopic (exact) mass is 297 g/mol. The second-order valence-electron chi connectivity index (χ2n) is 4.34. The first-order valence-electron chi connectivity index (χ1n) is 6.45. The van der Waals surface area contributed by atoms with Crippen LogP contribution in [0.5, 0.6) is 0 Å². The zero-order valence-electron chi connectivity index (χ0n) is 11.6. The minimum atomic E-state index is -0.701. The Hall–Kier alpha value is -3.16. The Morgan fingerprint density at radius 3 is 2.82 bits per heavy atom. The number of nitrogens with zero attached hydrogens (tertiary/aromatic N) is 5. The summed E-state index contributed by atoms with van der Waals surface area (Å²) in [5.41, 5.74) is 0.825. The van der Waals surface area contributed by atoms with Crippen molar-refractivity contribution in [2.24, 2.45) is 0 Å². The summed E-state index contributed by atoms with van der Waals surface area (Å²) in [6.45, 7) is 1.63. The van der Waals surface area contributed by atoms with Gasteiger partial charge in [0.15, 0.2) is 11.8 Å². The Morgan fingerprint density at radius 1 is 1.23 bits per heavy atom. The summed E-state index contributed by atoms with van der Waals surface area (Å²) < 4.78 is 10.3. The third kappa shape index (κ3) is 2.95. The summed E-state index contributed by atoms with van der Waals surface area (Å²) in [6.07, 6.45) is 6.77. The number of hydrogen-bond acceptors (Lipinski definition) is 8. The van der Waals surface area contributed by atoms with Gasteiger partial charge in [-0.15, -0.1) is 0 Å². The summed E-state index contributed by atoms with van der Waals surface area (Å²) in [5, 5.41) is 3.84. The van der Waals surface area contributed by atoms with Crippen LogP contribution in [0, 0.1) is 0 Å². The second-order valence-corrected chi connectivity index (χ2v) is 4.34. The maximum absolute atomic E-state index is 11.9. The van der Waals surface area contributed by atoms with Crippen LogP contribution in [-0.4, -0.2) is 31.1 Å². The Kier molecular flexibility index (Phi) is 3.82. The van der Waals surface area contributed by atoms with Crippen LogP contribution in [0.15, 0.2) is 47.6 Å². The van der Waals surface area contributed by atoms with Gasteiger partial charge in [-0.05, 0) is 19.1 Å². The molecule has 0 saturated carbocycles. The Morgan fingerprint density at radius 2 is 2.09 bits per heavy atom. The molecule has 8 heteroatoms. The molecule has 0 aliphatic heterocycles. The molecule has 3 aromatic rings. The predicted octanol–water partition coefficient (Wildman–Crippen LogP) is 1.84. The van der Waals surface area contributed by atoms with Crippen molar-refractivity contribution in [3.63, 3.8) is 0 Å². The van der Waals surface area contributed by atoms with Crippen LogP contribution in [0.3, 0.4) is 0 Å². The molecule has 0 spiro atoms. The van der Waals surface area contributed by atoms with E-state index >= 15 is 0 Å². The van der Waals surface area contributed by atoms with Gasteiger partial charge in [-0.3, -0.25) is 9.97 Å². The lowest BCUT2D eigenvalue weighted by Gasteiger charge is -2.07. The quantitative estimate of drug-likeness (QED) is 0.672. The molecule has 0 aliphatic rings. The third-order valence-corrected chi connectivity index (χ3v) is 2.77. The van der Waals surface area contributed by atoms with Crippen molar-refractivity contribution in [1.82, 2.24) is 25.1 Å². The first kappa shape index (κ1) is 13.8. The lowest BCUT2D eigenvalue weighted by atomic mass is 10.3. The normalized spacial score (nSPS) is 11.9. The molecule has 8 nitrogen and oxygen atoms in total. The van der Waals surface area contributed by atoms with Crippen LogP contribution < -0.4 is 0 Å². The Labute approximate surface area is 125 Å². The van der Waals surface area contributed by atoms with Gasteiger partial charge in [-0.25, -0.2) is 9.78 Å². The minimum Gasteiger partial charge on any atom is -0.448 e. The van der Waals surface area contributed by atoms with Gasteiger partial charge in [-0.2, -0.15) is 4.98 Å². The summed E-state index contributed by atoms with van der Waals surface area (Å²) >= 11 is 0. The predicted molar refractivity (Wildman–Crippen MR) is 73.4 cm³/mol. The first-order chi connectivity index (χ1) is 10.7. The largest absolute Gasteiger partial charge is 0.448 e. The van der Waals surface area contributed by atoms with E-state index in [0.717, 1.165) is 0 Å². The third-order valence-electron chi connectivity index (χ3n) is 2.77. The molecule has 0 aromatic carbocycles. The smallest absolute Gasteiger partial charge is 0.359 e. The summed E-state index contributed by atoms with van der Waals surface area (Å²) in [7, 11) is 0. The topological polar surface area (TPSA) is 104 Å². The molecule has 3 heterocycles. The van der Waals surface area contributed by atoms with Gasteiger partial charge < -0.3 is 9.26 Å².